The number of halogens is 2. The van der Waals surface area contributed by atoms with E-state index in [4.69, 9.17) is 16.7 Å². The molecule has 0 aliphatic rings. The largest absolute Gasteiger partial charge is 0.480 e. The number of carbonyl (C=O) groups excluding carboxylic acids is 1. The molecule has 0 bridgehead atoms. The van der Waals surface area contributed by atoms with Gasteiger partial charge in [0.25, 0.3) is 5.91 Å². The number of benzene rings is 1. The minimum atomic E-state index is -1.01. The number of carbonyl (C=O) groups is 2. The van der Waals surface area contributed by atoms with Gasteiger partial charge in [-0.05, 0) is 47.2 Å². The lowest BCUT2D eigenvalue weighted by atomic mass is 10.1. The van der Waals surface area contributed by atoms with Crippen LogP contribution in [0.25, 0.3) is 0 Å². The van der Waals surface area contributed by atoms with Crippen molar-refractivity contribution in [2.45, 2.75) is 19.4 Å². The van der Waals surface area contributed by atoms with Gasteiger partial charge in [-0.1, -0.05) is 18.5 Å². The zero-order valence-corrected chi connectivity index (χ0v) is 12.9. The van der Waals surface area contributed by atoms with Gasteiger partial charge in [-0.3, -0.25) is 4.79 Å². The number of rotatable bonds is 4. The van der Waals surface area contributed by atoms with Crippen molar-refractivity contribution < 1.29 is 14.7 Å². The highest BCUT2D eigenvalue weighted by molar-refractivity contribution is 14.1. The van der Waals surface area contributed by atoms with E-state index in [0.717, 1.165) is 3.57 Å². The molecule has 0 aliphatic carbocycles. The van der Waals surface area contributed by atoms with Crippen molar-refractivity contribution in [3.05, 3.63) is 32.4 Å². The van der Waals surface area contributed by atoms with Crippen LogP contribution in [0.15, 0.2) is 18.2 Å². The molecule has 1 amide bonds. The first-order valence-electron chi connectivity index (χ1n) is 5.33. The second-order valence-electron chi connectivity index (χ2n) is 3.80. The fourth-order valence-corrected chi connectivity index (χ4v) is 2.35. The predicted octanol–water partition coefficient (Wildman–Crippen LogP) is 2.88. The summed E-state index contributed by atoms with van der Waals surface area (Å²) in [6.45, 7) is 1.73. The number of carboxylic acid groups (broad SMARTS) is 1. The van der Waals surface area contributed by atoms with Crippen LogP contribution in [0.1, 0.15) is 23.7 Å². The first-order valence-corrected chi connectivity index (χ1v) is 6.79. The minimum absolute atomic E-state index is 0.337. The van der Waals surface area contributed by atoms with Crippen LogP contribution in [0.4, 0.5) is 0 Å². The first-order chi connectivity index (χ1) is 8.38. The van der Waals surface area contributed by atoms with Gasteiger partial charge in [-0.25, -0.2) is 4.79 Å². The molecule has 18 heavy (non-hydrogen) atoms. The zero-order valence-electron chi connectivity index (χ0n) is 9.98. The lowest BCUT2D eigenvalue weighted by Gasteiger charge is -2.24. The van der Waals surface area contributed by atoms with E-state index < -0.39 is 12.0 Å². The third-order valence-corrected chi connectivity index (χ3v) is 3.79. The third-order valence-electron chi connectivity index (χ3n) is 2.62. The summed E-state index contributed by atoms with van der Waals surface area (Å²) in [7, 11) is 1.49. The Morgan fingerprint density at radius 2 is 2.11 bits per heavy atom. The topological polar surface area (TPSA) is 57.6 Å². The summed E-state index contributed by atoms with van der Waals surface area (Å²) in [5, 5.41) is 9.50. The van der Waals surface area contributed by atoms with Gasteiger partial charge in [-0.15, -0.1) is 0 Å². The quantitative estimate of drug-likeness (QED) is 0.816. The number of aliphatic carboxylic acids is 1. The Bertz CT molecular complexity index is 478. The van der Waals surface area contributed by atoms with Crippen LogP contribution in [0, 0.1) is 3.57 Å². The number of likely N-dealkylation sites (N-methyl/N-ethyl adjacent to an activating group) is 1. The van der Waals surface area contributed by atoms with Crippen LogP contribution in [-0.2, 0) is 4.79 Å². The van der Waals surface area contributed by atoms with E-state index in [1.165, 1.54) is 11.9 Å². The van der Waals surface area contributed by atoms with Crippen LogP contribution in [-0.4, -0.2) is 35.0 Å². The third kappa shape index (κ3) is 3.35. The maximum atomic E-state index is 12.2. The molecule has 1 aromatic carbocycles. The Morgan fingerprint density at radius 3 is 2.61 bits per heavy atom. The summed E-state index contributed by atoms with van der Waals surface area (Å²) in [6.07, 6.45) is 0.356. The van der Waals surface area contributed by atoms with E-state index in [-0.39, 0.29) is 5.91 Å². The van der Waals surface area contributed by atoms with Crippen LogP contribution >= 0.6 is 34.2 Å². The van der Waals surface area contributed by atoms with E-state index >= 15 is 0 Å². The second-order valence-corrected chi connectivity index (χ2v) is 5.40. The Balaban J connectivity index is 3.06. The van der Waals surface area contributed by atoms with Gasteiger partial charge in [-0.2, -0.15) is 0 Å². The average molecular weight is 382 g/mol. The molecular weight excluding hydrogens is 368 g/mol. The minimum Gasteiger partial charge on any atom is -0.480 e. The van der Waals surface area contributed by atoms with Crippen molar-refractivity contribution in [1.29, 1.82) is 0 Å². The second kappa shape index (κ2) is 6.38. The summed E-state index contributed by atoms with van der Waals surface area (Å²) >= 11 is 7.88. The lowest BCUT2D eigenvalue weighted by molar-refractivity contribution is -0.142. The SMILES string of the molecule is CCC(C(=O)O)N(C)C(=O)c1cc(Cl)ccc1I. The lowest BCUT2D eigenvalue weighted by Crippen LogP contribution is -2.42. The van der Waals surface area contributed by atoms with E-state index in [9.17, 15) is 9.59 Å². The van der Waals surface area contributed by atoms with Gasteiger partial charge < -0.3 is 10.0 Å². The molecule has 1 rings (SSSR count). The van der Waals surface area contributed by atoms with E-state index in [1.807, 2.05) is 22.6 Å². The number of amides is 1. The molecule has 0 aliphatic heterocycles. The van der Waals surface area contributed by atoms with Gasteiger partial charge in [0.2, 0.25) is 0 Å². The maximum Gasteiger partial charge on any atom is 0.326 e. The Hall–Kier alpha value is -0.820. The number of hydrogen-bond acceptors (Lipinski definition) is 2. The molecule has 0 heterocycles. The monoisotopic (exact) mass is 381 g/mol. The predicted molar refractivity (Wildman–Crippen MR) is 78.0 cm³/mol. The molecule has 1 N–H and O–H groups in total. The van der Waals surface area contributed by atoms with Gasteiger partial charge in [0.1, 0.15) is 6.04 Å². The van der Waals surface area contributed by atoms with E-state index in [0.29, 0.717) is 17.0 Å². The van der Waals surface area contributed by atoms with Crippen molar-refractivity contribution in [1.82, 2.24) is 4.90 Å². The van der Waals surface area contributed by atoms with Gasteiger partial charge in [0.15, 0.2) is 0 Å². The molecule has 1 unspecified atom stereocenters. The van der Waals surface area contributed by atoms with E-state index in [1.54, 1.807) is 25.1 Å². The highest BCUT2D eigenvalue weighted by Gasteiger charge is 2.26. The van der Waals surface area contributed by atoms with Crippen LogP contribution < -0.4 is 0 Å². The Labute approximate surface area is 124 Å². The number of hydrogen-bond donors (Lipinski definition) is 1. The van der Waals surface area contributed by atoms with Crippen molar-refractivity contribution >= 4 is 46.1 Å². The molecule has 1 atom stereocenters. The fourth-order valence-electron chi connectivity index (χ4n) is 1.61. The van der Waals surface area contributed by atoms with Crippen LogP contribution in [0.5, 0.6) is 0 Å². The van der Waals surface area contributed by atoms with Gasteiger partial charge >= 0.3 is 5.97 Å². The van der Waals surface area contributed by atoms with Crippen molar-refractivity contribution in [3.63, 3.8) is 0 Å². The Morgan fingerprint density at radius 1 is 1.50 bits per heavy atom. The molecule has 0 fully saturated rings. The molecule has 0 saturated carbocycles. The zero-order chi connectivity index (χ0) is 13.9. The summed E-state index contributed by atoms with van der Waals surface area (Å²) in [5.41, 5.74) is 0.422. The summed E-state index contributed by atoms with van der Waals surface area (Å²) < 4.78 is 0.745. The summed E-state index contributed by atoms with van der Waals surface area (Å²) in [4.78, 5) is 24.5. The van der Waals surface area contributed by atoms with Gasteiger partial charge in [0, 0.05) is 15.6 Å². The van der Waals surface area contributed by atoms with E-state index in [2.05, 4.69) is 0 Å². The van der Waals surface area contributed by atoms with Crippen LogP contribution in [0.2, 0.25) is 5.02 Å². The standard InChI is InChI=1S/C12H13ClINO3/c1-3-10(12(17)18)15(2)11(16)8-6-7(13)4-5-9(8)14/h4-6,10H,3H2,1-2H3,(H,17,18). The molecule has 0 aromatic heterocycles. The van der Waals surface area contributed by atoms with Crippen molar-refractivity contribution in [2.24, 2.45) is 0 Å². The van der Waals surface area contributed by atoms with Crippen molar-refractivity contribution in [3.8, 4) is 0 Å². The molecule has 0 saturated heterocycles. The normalized spacial score (nSPS) is 12.0. The maximum absolute atomic E-state index is 12.2. The summed E-state index contributed by atoms with van der Waals surface area (Å²) in [6, 6.07) is 4.14. The molecular formula is C12H13ClINO3. The van der Waals surface area contributed by atoms with Crippen LogP contribution in [0.3, 0.4) is 0 Å². The molecule has 6 heteroatoms. The van der Waals surface area contributed by atoms with Gasteiger partial charge in [0.05, 0.1) is 5.56 Å². The molecule has 0 radical (unpaired) electrons. The molecule has 98 valence electrons. The fraction of sp³-hybridized carbons (Fsp3) is 0.333. The first kappa shape index (κ1) is 15.2. The molecule has 1 aromatic rings. The highest BCUT2D eigenvalue weighted by atomic mass is 127. The number of nitrogens with zero attached hydrogens (tertiary/aromatic N) is 1. The molecule has 4 nitrogen and oxygen atoms in total. The van der Waals surface area contributed by atoms with Crippen molar-refractivity contribution in [2.75, 3.05) is 7.05 Å². The molecule has 0 spiro atoms. The number of carboxylic acids is 1. The average Bonchev–Trinajstić information content (AvgIpc) is 2.31. The highest BCUT2D eigenvalue weighted by Crippen LogP contribution is 2.20. The smallest absolute Gasteiger partial charge is 0.326 e. The summed E-state index contributed by atoms with van der Waals surface area (Å²) in [5.74, 6) is -1.35. The Kier molecular flexibility index (Phi) is 5.40.